The van der Waals surface area contributed by atoms with Crippen LogP contribution in [0.3, 0.4) is 0 Å². The zero-order chi connectivity index (χ0) is 20.2. The van der Waals surface area contributed by atoms with Crippen molar-refractivity contribution in [2.75, 3.05) is 19.6 Å². The predicted molar refractivity (Wildman–Crippen MR) is 102 cm³/mol. The summed E-state index contributed by atoms with van der Waals surface area (Å²) in [6.07, 6.45) is 0.0203. The molecule has 1 saturated heterocycles. The van der Waals surface area contributed by atoms with E-state index in [1.54, 1.807) is 6.07 Å². The van der Waals surface area contributed by atoms with Crippen molar-refractivity contribution in [3.05, 3.63) is 34.4 Å². The van der Waals surface area contributed by atoms with Gasteiger partial charge in [0.25, 0.3) is 0 Å². The molecule has 2 fully saturated rings. The van der Waals surface area contributed by atoms with Crippen LogP contribution < -0.4 is 0 Å². The third kappa shape index (κ3) is 3.49. The Bertz CT molecular complexity index is 816. The second-order valence-corrected chi connectivity index (χ2v) is 8.94. The maximum atomic E-state index is 12.4. The monoisotopic (exact) mass is 388 g/mol. The van der Waals surface area contributed by atoms with Crippen LogP contribution >= 0.6 is 0 Å². The standard InChI is InChI=1S/C21H28N2O5/c1-12-13(5-6-14-15(12)11-27-19(14)25)18(24)10-22-7-8-23(17-9-16(17)22)20(26)28-21(2,3)4/h5-6,16-18,24H,7-11H2,1-4H3/t16?,17?,18-/m0/s1. The molecule has 0 spiro atoms. The normalized spacial score (nSPS) is 25.0. The maximum Gasteiger partial charge on any atom is 0.410 e. The number of hydrogen-bond acceptors (Lipinski definition) is 6. The molecule has 2 unspecified atom stereocenters. The third-order valence-corrected chi connectivity index (χ3v) is 5.82. The fourth-order valence-electron chi connectivity index (χ4n) is 4.29. The summed E-state index contributed by atoms with van der Waals surface area (Å²) in [6, 6.07) is 4.02. The van der Waals surface area contributed by atoms with E-state index in [0.717, 1.165) is 23.1 Å². The lowest BCUT2D eigenvalue weighted by molar-refractivity contribution is 0.00881. The average molecular weight is 388 g/mol. The molecule has 7 heteroatoms. The van der Waals surface area contributed by atoms with Gasteiger partial charge in [-0.25, -0.2) is 9.59 Å². The van der Waals surface area contributed by atoms with Crippen LogP contribution in [0.25, 0.3) is 0 Å². The minimum absolute atomic E-state index is 0.169. The summed E-state index contributed by atoms with van der Waals surface area (Å²) in [5.74, 6) is -0.293. The molecule has 4 rings (SSSR count). The van der Waals surface area contributed by atoms with Gasteiger partial charge in [0.15, 0.2) is 0 Å². The summed E-state index contributed by atoms with van der Waals surface area (Å²) >= 11 is 0. The van der Waals surface area contributed by atoms with Crippen LogP contribution in [0.2, 0.25) is 0 Å². The van der Waals surface area contributed by atoms with E-state index in [-0.39, 0.29) is 30.8 Å². The molecule has 1 saturated carbocycles. The molecule has 0 bridgehead atoms. The van der Waals surface area contributed by atoms with E-state index in [4.69, 9.17) is 9.47 Å². The minimum Gasteiger partial charge on any atom is -0.457 e. The SMILES string of the molecule is Cc1c([C@@H](O)CN2CCN(C(=O)OC(C)(C)C)C3CC32)ccc2c1COC2=O. The number of fused-ring (bicyclic) bond motifs is 2. The Morgan fingerprint density at radius 1 is 1.32 bits per heavy atom. The second-order valence-electron chi connectivity index (χ2n) is 8.94. The molecule has 1 N–H and O–H groups in total. The fourth-order valence-corrected chi connectivity index (χ4v) is 4.29. The van der Waals surface area contributed by atoms with Gasteiger partial charge in [0.05, 0.1) is 17.7 Å². The van der Waals surface area contributed by atoms with Gasteiger partial charge in [-0.3, -0.25) is 4.90 Å². The Morgan fingerprint density at radius 3 is 2.79 bits per heavy atom. The molecule has 2 heterocycles. The summed E-state index contributed by atoms with van der Waals surface area (Å²) in [4.78, 5) is 28.2. The summed E-state index contributed by atoms with van der Waals surface area (Å²) in [6.45, 7) is 9.66. The Kier molecular flexibility index (Phi) is 4.62. The topological polar surface area (TPSA) is 79.3 Å². The maximum absolute atomic E-state index is 12.4. The number of aliphatic hydroxyl groups excluding tert-OH is 1. The lowest BCUT2D eigenvalue weighted by Gasteiger charge is -2.36. The number of rotatable bonds is 3. The number of hydrogen-bond donors (Lipinski definition) is 1. The first-order chi connectivity index (χ1) is 13.2. The number of esters is 1. The molecule has 3 aliphatic rings. The van der Waals surface area contributed by atoms with Crippen molar-refractivity contribution in [1.29, 1.82) is 0 Å². The van der Waals surface area contributed by atoms with Gasteiger partial charge in [0, 0.05) is 31.2 Å². The van der Waals surface area contributed by atoms with Crippen molar-refractivity contribution in [3.8, 4) is 0 Å². The highest BCUT2D eigenvalue weighted by Gasteiger charge is 2.51. The molecule has 1 aliphatic carbocycles. The second kappa shape index (κ2) is 6.74. The van der Waals surface area contributed by atoms with E-state index < -0.39 is 11.7 Å². The van der Waals surface area contributed by atoms with Crippen LogP contribution in [0.1, 0.15) is 60.3 Å². The molecule has 152 valence electrons. The number of aliphatic hydroxyl groups is 1. The molecule has 0 aromatic heterocycles. The lowest BCUT2D eigenvalue weighted by Crippen LogP contribution is -2.50. The van der Waals surface area contributed by atoms with E-state index in [0.29, 0.717) is 25.2 Å². The number of ether oxygens (including phenoxy) is 2. The predicted octanol–water partition coefficient (Wildman–Crippen LogP) is 2.39. The van der Waals surface area contributed by atoms with E-state index in [1.165, 1.54) is 0 Å². The molecule has 28 heavy (non-hydrogen) atoms. The number of benzene rings is 1. The van der Waals surface area contributed by atoms with Gasteiger partial charge in [-0.2, -0.15) is 0 Å². The van der Waals surface area contributed by atoms with Crippen molar-refractivity contribution < 1.29 is 24.2 Å². The molecule has 7 nitrogen and oxygen atoms in total. The Balaban J connectivity index is 1.40. The van der Waals surface area contributed by atoms with Gasteiger partial charge in [-0.15, -0.1) is 0 Å². The van der Waals surface area contributed by atoms with Crippen LogP contribution in [0.5, 0.6) is 0 Å². The molecule has 0 radical (unpaired) electrons. The van der Waals surface area contributed by atoms with Gasteiger partial charge in [0.2, 0.25) is 0 Å². The van der Waals surface area contributed by atoms with Gasteiger partial charge in [-0.05, 0) is 51.3 Å². The Labute approximate surface area is 165 Å². The third-order valence-electron chi connectivity index (χ3n) is 5.82. The van der Waals surface area contributed by atoms with Crippen LogP contribution in [-0.4, -0.2) is 64.3 Å². The number of piperazine rings is 1. The number of nitrogens with zero attached hydrogens (tertiary/aromatic N) is 2. The summed E-state index contributed by atoms with van der Waals surface area (Å²) < 4.78 is 10.6. The first kappa shape index (κ1) is 19.2. The zero-order valence-corrected chi connectivity index (χ0v) is 16.9. The largest absolute Gasteiger partial charge is 0.457 e. The molecular formula is C21H28N2O5. The molecule has 1 amide bonds. The Morgan fingerprint density at radius 2 is 2.07 bits per heavy atom. The van der Waals surface area contributed by atoms with E-state index in [1.807, 2.05) is 38.7 Å². The number of carbonyl (C=O) groups is 2. The smallest absolute Gasteiger partial charge is 0.410 e. The molecule has 2 aliphatic heterocycles. The van der Waals surface area contributed by atoms with Gasteiger partial charge in [0.1, 0.15) is 12.2 Å². The van der Waals surface area contributed by atoms with Crippen LogP contribution in [0.15, 0.2) is 12.1 Å². The Hall–Kier alpha value is -2.12. The van der Waals surface area contributed by atoms with Crippen molar-refractivity contribution in [2.24, 2.45) is 0 Å². The molecule has 3 atom stereocenters. The van der Waals surface area contributed by atoms with Crippen LogP contribution in [0.4, 0.5) is 4.79 Å². The number of carbonyl (C=O) groups excluding carboxylic acids is 2. The number of amides is 1. The summed E-state index contributed by atoms with van der Waals surface area (Å²) in [5, 5.41) is 10.8. The van der Waals surface area contributed by atoms with Crippen molar-refractivity contribution >= 4 is 12.1 Å². The van der Waals surface area contributed by atoms with Gasteiger partial charge < -0.3 is 19.5 Å². The van der Waals surface area contributed by atoms with Gasteiger partial charge >= 0.3 is 12.1 Å². The van der Waals surface area contributed by atoms with Crippen LogP contribution in [0, 0.1) is 6.92 Å². The first-order valence-electron chi connectivity index (χ1n) is 9.87. The highest BCUT2D eigenvalue weighted by atomic mass is 16.6. The number of cyclic esters (lactones) is 1. The van der Waals surface area contributed by atoms with E-state index >= 15 is 0 Å². The van der Waals surface area contributed by atoms with Crippen molar-refractivity contribution in [2.45, 2.75) is 64.5 Å². The fraction of sp³-hybridized carbons (Fsp3) is 0.619. The van der Waals surface area contributed by atoms with E-state index in [2.05, 4.69) is 4.90 Å². The molecule has 1 aromatic carbocycles. The zero-order valence-electron chi connectivity index (χ0n) is 16.9. The minimum atomic E-state index is -0.643. The summed E-state index contributed by atoms with van der Waals surface area (Å²) in [5.41, 5.74) is 2.74. The van der Waals surface area contributed by atoms with Gasteiger partial charge in [-0.1, -0.05) is 6.07 Å². The van der Waals surface area contributed by atoms with E-state index in [9.17, 15) is 14.7 Å². The van der Waals surface area contributed by atoms with Crippen LogP contribution in [-0.2, 0) is 16.1 Å². The molecular weight excluding hydrogens is 360 g/mol. The highest BCUT2D eigenvalue weighted by molar-refractivity contribution is 5.93. The molecule has 1 aromatic rings. The quantitative estimate of drug-likeness (QED) is 0.801. The summed E-state index contributed by atoms with van der Waals surface area (Å²) in [7, 11) is 0. The first-order valence-corrected chi connectivity index (χ1v) is 9.87. The van der Waals surface area contributed by atoms with Crippen molar-refractivity contribution in [1.82, 2.24) is 9.80 Å². The highest BCUT2D eigenvalue weighted by Crippen LogP contribution is 2.39. The van der Waals surface area contributed by atoms with Crippen molar-refractivity contribution in [3.63, 3.8) is 0 Å². The lowest BCUT2D eigenvalue weighted by atomic mass is 9.95. The number of β-amino-alcohol motifs (C(OH)–C–C–N with tert-alkyl or cyclic N) is 1. The average Bonchev–Trinajstić information content (AvgIpc) is 3.31.